The summed E-state index contributed by atoms with van der Waals surface area (Å²) >= 11 is 0. The fraction of sp³-hybridized carbons (Fsp3) is 0.273. The number of H-pyrrole nitrogens is 1. The Morgan fingerprint density at radius 1 is 1.45 bits per heavy atom. The van der Waals surface area contributed by atoms with E-state index in [4.69, 9.17) is 5.11 Å². The Morgan fingerprint density at radius 3 is 2.55 bits per heavy atom. The zero-order valence-electron chi connectivity index (χ0n) is 11.1. The highest BCUT2D eigenvalue weighted by Gasteiger charge is 2.27. The second kappa shape index (κ2) is 4.67. The molecule has 9 heteroatoms. The molecule has 3 N–H and O–H groups in total. The van der Waals surface area contributed by atoms with Gasteiger partial charge in [-0.15, -0.1) is 0 Å². The van der Waals surface area contributed by atoms with Crippen molar-refractivity contribution in [3.63, 3.8) is 0 Å². The number of rotatable bonds is 4. The van der Waals surface area contributed by atoms with Gasteiger partial charge in [0.05, 0.1) is 6.20 Å². The number of nitrogens with zero attached hydrogens (tertiary/aromatic N) is 2. The van der Waals surface area contributed by atoms with Crippen LogP contribution in [0.1, 0.15) is 21.7 Å². The molecule has 2 aromatic heterocycles. The Balaban J connectivity index is 2.50. The van der Waals surface area contributed by atoms with Crippen molar-refractivity contribution in [1.29, 1.82) is 0 Å². The maximum absolute atomic E-state index is 12.4. The summed E-state index contributed by atoms with van der Waals surface area (Å²) in [5, 5.41) is 12.9. The van der Waals surface area contributed by atoms with Crippen molar-refractivity contribution in [2.75, 3.05) is 4.72 Å². The molecule has 0 aliphatic carbocycles. The second-order valence-electron chi connectivity index (χ2n) is 4.33. The first-order valence-corrected chi connectivity index (χ1v) is 7.15. The third kappa shape index (κ3) is 2.27. The molecule has 20 heavy (non-hydrogen) atoms. The minimum atomic E-state index is -3.89. The zero-order valence-corrected chi connectivity index (χ0v) is 11.9. The molecule has 0 atom stereocenters. The predicted octanol–water partition coefficient (Wildman–Crippen LogP) is 0.864. The molecule has 0 aliphatic heterocycles. The summed E-state index contributed by atoms with van der Waals surface area (Å²) in [7, 11) is -2.29. The summed E-state index contributed by atoms with van der Waals surface area (Å²) in [6.45, 7) is 2.96. The average Bonchev–Trinajstić information content (AvgIpc) is 2.83. The van der Waals surface area contributed by atoms with E-state index in [-0.39, 0.29) is 21.8 Å². The number of carbonyl (C=O) groups is 1. The van der Waals surface area contributed by atoms with E-state index in [0.717, 1.165) is 0 Å². The topological polar surface area (TPSA) is 117 Å². The van der Waals surface area contributed by atoms with Crippen LogP contribution in [0.2, 0.25) is 0 Å². The van der Waals surface area contributed by atoms with Crippen LogP contribution in [0.25, 0.3) is 0 Å². The summed E-state index contributed by atoms with van der Waals surface area (Å²) in [6, 6.07) is 1.51. The van der Waals surface area contributed by atoms with E-state index in [9.17, 15) is 13.2 Å². The number of aromatic carboxylic acids is 1. The lowest BCUT2D eigenvalue weighted by Gasteiger charge is -2.08. The van der Waals surface area contributed by atoms with Gasteiger partial charge in [-0.2, -0.15) is 5.10 Å². The van der Waals surface area contributed by atoms with Gasteiger partial charge >= 0.3 is 5.97 Å². The SMILES string of the molecule is Cc1[nH]c(C(=O)O)c(C)c1S(=O)(=O)Nc1ccnn1C. The van der Waals surface area contributed by atoms with Gasteiger partial charge in [-0.3, -0.25) is 9.40 Å². The molecule has 0 saturated carbocycles. The number of aromatic amines is 1. The quantitative estimate of drug-likeness (QED) is 0.774. The van der Waals surface area contributed by atoms with Crippen LogP contribution in [0.3, 0.4) is 0 Å². The Kier molecular flexibility index (Phi) is 3.30. The van der Waals surface area contributed by atoms with Crippen molar-refractivity contribution in [1.82, 2.24) is 14.8 Å². The van der Waals surface area contributed by atoms with Crippen LogP contribution in [0.15, 0.2) is 17.2 Å². The van der Waals surface area contributed by atoms with Gasteiger partial charge in [-0.1, -0.05) is 0 Å². The molecule has 2 heterocycles. The number of anilines is 1. The minimum absolute atomic E-state index is 0.0592. The largest absolute Gasteiger partial charge is 0.477 e. The van der Waals surface area contributed by atoms with E-state index in [1.54, 1.807) is 7.05 Å². The summed E-state index contributed by atoms with van der Waals surface area (Å²) in [5.74, 6) is -0.908. The van der Waals surface area contributed by atoms with Gasteiger partial charge in [0, 0.05) is 24.4 Å². The van der Waals surface area contributed by atoms with Crippen LogP contribution in [0.4, 0.5) is 5.82 Å². The first kappa shape index (κ1) is 14.1. The number of nitrogens with one attached hydrogen (secondary N) is 2. The van der Waals surface area contributed by atoms with Crippen LogP contribution in [-0.4, -0.2) is 34.3 Å². The lowest BCUT2D eigenvalue weighted by atomic mass is 10.2. The van der Waals surface area contributed by atoms with Crippen molar-refractivity contribution >= 4 is 21.8 Å². The molecule has 2 aromatic rings. The van der Waals surface area contributed by atoms with Crippen molar-refractivity contribution in [3.8, 4) is 0 Å². The van der Waals surface area contributed by atoms with Gasteiger partial charge in [0.25, 0.3) is 10.0 Å². The highest BCUT2D eigenvalue weighted by Crippen LogP contribution is 2.25. The molecule has 108 valence electrons. The molecule has 8 nitrogen and oxygen atoms in total. The van der Waals surface area contributed by atoms with Gasteiger partial charge < -0.3 is 10.1 Å². The number of carboxylic acids is 1. The number of hydrogen-bond acceptors (Lipinski definition) is 4. The van der Waals surface area contributed by atoms with Crippen molar-refractivity contribution < 1.29 is 18.3 Å². The summed E-state index contributed by atoms with van der Waals surface area (Å²) in [6.07, 6.45) is 1.46. The molecule has 0 saturated heterocycles. The summed E-state index contributed by atoms with van der Waals surface area (Å²) in [4.78, 5) is 13.5. The highest BCUT2D eigenvalue weighted by molar-refractivity contribution is 7.92. The van der Waals surface area contributed by atoms with E-state index in [0.29, 0.717) is 5.82 Å². The second-order valence-corrected chi connectivity index (χ2v) is 5.95. The molecule has 0 spiro atoms. The molecular formula is C11H14N4O4S. The smallest absolute Gasteiger partial charge is 0.352 e. The highest BCUT2D eigenvalue weighted by atomic mass is 32.2. The lowest BCUT2D eigenvalue weighted by Crippen LogP contribution is -2.16. The van der Waals surface area contributed by atoms with Crippen molar-refractivity contribution in [2.45, 2.75) is 18.7 Å². The Morgan fingerprint density at radius 2 is 2.10 bits per heavy atom. The van der Waals surface area contributed by atoms with Gasteiger partial charge in [-0.05, 0) is 13.8 Å². The Labute approximate surface area is 115 Å². The maximum Gasteiger partial charge on any atom is 0.352 e. The fourth-order valence-corrected chi connectivity index (χ4v) is 3.55. The van der Waals surface area contributed by atoms with Gasteiger partial charge in [0.2, 0.25) is 0 Å². The number of hydrogen-bond donors (Lipinski definition) is 3. The third-order valence-electron chi connectivity index (χ3n) is 2.91. The standard InChI is InChI=1S/C11H14N4O4S/c1-6-9(11(16)17)13-7(2)10(6)20(18,19)14-8-4-5-12-15(8)3/h4-5,13-14H,1-3H3,(H,16,17). The maximum atomic E-state index is 12.4. The van der Waals surface area contributed by atoms with E-state index >= 15 is 0 Å². The van der Waals surface area contributed by atoms with Crippen LogP contribution in [0.5, 0.6) is 0 Å². The van der Waals surface area contributed by atoms with Gasteiger partial charge in [0.1, 0.15) is 16.4 Å². The van der Waals surface area contributed by atoms with Crippen molar-refractivity contribution in [3.05, 3.63) is 29.2 Å². The third-order valence-corrected chi connectivity index (χ3v) is 4.54. The number of aromatic nitrogens is 3. The van der Waals surface area contributed by atoms with E-state index in [1.165, 1.54) is 30.8 Å². The number of sulfonamides is 1. The fourth-order valence-electron chi connectivity index (χ4n) is 2.01. The zero-order chi connectivity index (χ0) is 15.1. The first-order chi connectivity index (χ1) is 9.24. The van der Waals surface area contributed by atoms with Crippen LogP contribution in [0, 0.1) is 13.8 Å². The van der Waals surface area contributed by atoms with Gasteiger partial charge in [-0.25, -0.2) is 13.2 Å². The minimum Gasteiger partial charge on any atom is -0.477 e. The summed E-state index contributed by atoms with van der Waals surface area (Å²) < 4.78 is 28.5. The molecule has 0 radical (unpaired) electrons. The predicted molar refractivity (Wildman–Crippen MR) is 71.2 cm³/mol. The lowest BCUT2D eigenvalue weighted by molar-refractivity contribution is 0.0690. The summed E-state index contributed by atoms with van der Waals surface area (Å²) in [5.41, 5.74) is 0.312. The molecule has 0 aliphatic rings. The molecular weight excluding hydrogens is 284 g/mol. The molecule has 2 rings (SSSR count). The monoisotopic (exact) mass is 298 g/mol. The van der Waals surface area contributed by atoms with Gasteiger partial charge in [0.15, 0.2) is 0 Å². The normalized spacial score (nSPS) is 11.6. The molecule has 0 amide bonds. The van der Waals surface area contributed by atoms with Crippen molar-refractivity contribution in [2.24, 2.45) is 7.05 Å². The molecule has 0 aromatic carbocycles. The van der Waals surface area contributed by atoms with E-state index in [2.05, 4.69) is 14.8 Å². The number of aryl methyl sites for hydroxylation is 2. The Bertz CT molecular complexity index is 772. The van der Waals surface area contributed by atoms with E-state index < -0.39 is 16.0 Å². The number of carboxylic acid groups (broad SMARTS) is 1. The molecule has 0 unspecified atom stereocenters. The first-order valence-electron chi connectivity index (χ1n) is 5.67. The Hall–Kier alpha value is -2.29. The molecule has 0 fully saturated rings. The average molecular weight is 298 g/mol. The van der Waals surface area contributed by atoms with Crippen LogP contribution in [-0.2, 0) is 17.1 Å². The van der Waals surface area contributed by atoms with Crippen LogP contribution >= 0.6 is 0 Å². The molecule has 0 bridgehead atoms. The van der Waals surface area contributed by atoms with E-state index in [1.807, 2.05) is 0 Å². The van der Waals surface area contributed by atoms with Crippen LogP contribution < -0.4 is 4.72 Å².